The summed E-state index contributed by atoms with van der Waals surface area (Å²) in [6.07, 6.45) is 8.96. The monoisotopic (exact) mass is 153 g/mol. The smallest absolute Gasteiger partial charge is 0.0542 e. The van der Waals surface area contributed by atoms with E-state index in [2.05, 4.69) is 17.3 Å². The molecule has 0 aromatic heterocycles. The van der Waals surface area contributed by atoms with Crippen LogP contribution < -0.4 is 0 Å². The quantitative estimate of drug-likeness (QED) is 0.281. The number of allylic oxidation sites excluding steroid dienone is 2. The Kier molecular flexibility index (Phi) is 3.14. The Labute approximate surface area is 67.6 Å². The summed E-state index contributed by atoms with van der Waals surface area (Å²) in [5.74, 6) is 0.705. The molecule has 0 aromatic carbocycles. The molecule has 0 amide bonds. The predicted molar refractivity (Wildman–Crippen MR) is 46.0 cm³/mol. The molecule has 0 radical (unpaired) electrons. The number of oxime groups is 1. The molecule has 0 bridgehead atoms. The Bertz CT molecular complexity index is 172. The van der Waals surface area contributed by atoms with E-state index in [0.29, 0.717) is 5.92 Å². The minimum Gasteiger partial charge on any atom is -0.411 e. The average molecular weight is 153 g/mol. The van der Waals surface area contributed by atoms with Gasteiger partial charge in [0, 0.05) is 0 Å². The first-order valence-electron chi connectivity index (χ1n) is 4.15. The van der Waals surface area contributed by atoms with Crippen LogP contribution in [0.1, 0.15) is 32.6 Å². The fourth-order valence-corrected chi connectivity index (χ4v) is 1.50. The van der Waals surface area contributed by atoms with Crippen LogP contribution in [0.5, 0.6) is 0 Å². The Hall–Kier alpha value is -0.790. The van der Waals surface area contributed by atoms with E-state index in [1.54, 1.807) is 0 Å². The fraction of sp³-hybridized carbons (Fsp3) is 0.667. The summed E-state index contributed by atoms with van der Waals surface area (Å²) in [6.45, 7) is 1.87. The fourth-order valence-electron chi connectivity index (χ4n) is 1.50. The summed E-state index contributed by atoms with van der Waals surface area (Å²) in [5, 5.41) is 11.6. The molecule has 0 saturated heterocycles. The molecule has 2 heteroatoms. The van der Waals surface area contributed by atoms with Crippen molar-refractivity contribution in [2.75, 3.05) is 0 Å². The molecule has 0 aliphatic heterocycles. The zero-order chi connectivity index (χ0) is 8.10. The molecule has 2 nitrogen and oxygen atoms in total. The van der Waals surface area contributed by atoms with Crippen molar-refractivity contribution in [3.63, 3.8) is 0 Å². The highest BCUT2D eigenvalue weighted by Gasteiger charge is 2.10. The maximum atomic E-state index is 8.44. The van der Waals surface area contributed by atoms with Gasteiger partial charge in [-0.1, -0.05) is 17.3 Å². The molecule has 11 heavy (non-hydrogen) atoms. The SMILES string of the molecule is C/C(CC1CC=CCC1)=N/O. The van der Waals surface area contributed by atoms with Crippen molar-refractivity contribution in [1.29, 1.82) is 0 Å². The lowest BCUT2D eigenvalue weighted by Gasteiger charge is -2.16. The lowest BCUT2D eigenvalue weighted by atomic mass is 9.90. The van der Waals surface area contributed by atoms with Crippen LogP contribution in [0.25, 0.3) is 0 Å². The molecule has 1 aliphatic carbocycles. The van der Waals surface area contributed by atoms with Gasteiger partial charge in [0.1, 0.15) is 0 Å². The lowest BCUT2D eigenvalue weighted by Crippen LogP contribution is -2.07. The number of nitrogens with zero attached hydrogens (tertiary/aromatic N) is 1. The largest absolute Gasteiger partial charge is 0.411 e. The zero-order valence-corrected chi connectivity index (χ0v) is 6.95. The molecule has 1 atom stereocenters. The van der Waals surface area contributed by atoms with Gasteiger partial charge >= 0.3 is 0 Å². The maximum absolute atomic E-state index is 8.44. The number of hydrogen-bond donors (Lipinski definition) is 1. The Morgan fingerprint density at radius 1 is 1.64 bits per heavy atom. The second-order valence-corrected chi connectivity index (χ2v) is 3.19. The third-order valence-corrected chi connectivity index (χ3v) is 2.13. The van der Waals surface area contributed by atoms with E-state index in [0.717, 1.165) is 18.6 Å². The average Bonchev–Trinajstić information content (AvgIpc) is 2.06. The zero-order valence-electron chi connectivity index (χ0n) is 6.95. The second kappa shape index (κ2) is 4.16. The molecule has 1 aliphatic rings. The van der Waals surface area contributed by atoms with Crippen molar-refractivity contribution in [1.82, 2.24) is 0 Å². The van der Waals surface area contributed by atoms with Crippen LogP contribution in [0.4, 0.5) is 0 Å². The Morgan fingerprint density at radius 2 is 2.45 bits per heavy atom. The predicted octanol–water partition coefficient (Wildman–Crippen LogP) is 2.58. The molecule has 1 unspecified atom stereocenters. The maximum Gasteiger partial charge on any atom is 0.0542 e. The first-order chi connectivity index (χ1) is 5.33. The van der Waals surface area contributed by atoms with E-state index in [1.165, 1.54) is 12.8 Å². The third-order valence-electron chi connectivity index (χ3n) is 2.13. The van der Waals surface area contributed by atoms with Crippen LogP contribution in [0.15, 0.2) is 17.3 Å². The van der Waals surface area contributed by atoms with Crippen LogP contribution in [0.3, 0.4) is 0 Å². The molecule has 0 heterocycles. The molecule has 1 rings (SSSR count). The first kappa shape index (κ1) is 8.31. The molecule has 0 fully saturated rings. The third kappa shape index (κ3) is 2.74. The summed E-state index contributed by atoms with van der Waals surface area (Å²) in [7, 11) is 0. The Balaban J connectivity index is 2.32. The minimum atomic E-state index is 0.705. The van der Waals surface area contributed by atoms with E-state index < -0.39 is 0 Å². The van der Waals surface area contributed by atoms with Gasteiger partial charge in [0.15, 0.2) is 0 Å². The van der Waals surface area contributed by atoms with Gasteiger partial charge in [-0.05, 0) is 38.5 Å². The van der Waals surface area contributed by atoms with Crippen molar-refractivity contribution in [2.45, 2.75) is 32.6 Å². The summed E-state index contributed by atoms with van der Waals surface area (Å²) >= 11 is 0. The highest BCUT2D eigenvalue weighted by Crippen LogP contribution is 2.21. The van der Waals surface area contributed by atoms with Crippen LogP contribution >= 0.6 is 0 Å². The van der Waals surface area contributed by atoms with Gasteiger partial charge in [0.25, 0.3) is 0 Å². The second-order valence-electron chi connectivity index (χ2n) is 3.19. The molecular formula is C9H15NO. The van der Waals surface area contributed by atoms with Gasteiger partial charge in [0.05, 0.1) is 5.71 Å². The standard InChI is InChI=1S/C9H15NO/c1-8(10-11)7-9-5-3-2-4-6-9/h2-3,9,11H,4-7H2,1H3/b10-8-. The summed E-state index contributed by atoms with van der Waals surface area (Å²) < 4.78 is 0. The highest BCUT2D eigenvalue weighted by molar-refractivity contribution is 5.81. The summed E-state index contributed by atoms with van der Waals surface area (Å²) in [6, 6.07) is 0. The minimum absolute atomic E-state index is 0.705. The van der Waals surface area contributed by atoms with Crippen LogP contribution in [-0.4, -0.2) is 10.9 Å². The number of hydrogen-bond acceptors (Lipinski definition) is 2. The molecule has 0 saturated carbocycles. The van der Waals surface area contributed by atoms with E-state index in [9.17, 15) is 0 Å². The van der Waals surface area contributed by atoms with Gasteiger partial charge in [-0.2, -0.15) is 0 Å². The van der Waals surface area contributed by atoms with Gasteiger partial charge in [-0.25, -0.2) is 0 Å². The summed E-state index contributed by atoms with van der Waals surface area (Å²) in [5.41, 5.74) is 0.852. The van der Waals surface area contributed by atoms with E-state index in [1.807, 2.05) is 6.92 Å². The van der Waals surface area contributed by atoms with E-state index in [-0.39, 0.29) is 0 Å². The van der Waals surface area contributed by atoms with Crippen molar-refractivity contribution in [3.8, 4) is 0 Å². The highest BCUT2D eigenvalue weighted by atomic mass is 16.4. The molecule has 62 valence electrons. The Morgan fingerprint density at radius 3 is 3.00 bits per heavy atom. The first-order valence-corrected chi connectivity index (χ1v) is 4.15. The van der Waals surface area contributed by atoms with Crippen LogP contribution in [0, 0.1) is 5.92 Å². The lowest BCUT2D eigenvalue weighted by molar-refractivity contribution is 0.315. The molecule has 0 aromatic rings. The van der Waals surface area contributed by atoms with Gasteiger partial charge < -0.3 is 5.21 Å². The van der Waals surface area contributed by atoms with Gasteiger partial charge in [-0.15, -0.1) is 0 Å². The topological polar surface area (TPSA) is 32.6 Å². The van der Waals surface area contributed by atoms with Crippen LogP contribution in [0.2, 0.25) is 0 Å². The molecular weight excluding hydrogens is 138 g/mol. The van der Waals surface area contributed by atoms with Crippen molar-refractivity contribution >= 4 is 5.71 Å². The van der Waals surface area contributed by atoms with Crippen molar-refractivity contribution in [2.24, 2.45) is 11.1 Å². The molecule has 1 N–H and O–H groups in total. The van der Waals surface area contributed by atoms with Crippen LogP contribution in [-0.2, 0) is 0 Å². The van der Waals surface area contributed by atoms with Crippen molar-refractivity contribution < 1.29 is 5.21 Å². The van der Waals surface area contributed by atoms with E-state index in [4.69, 9.17) is 5.21 Å². The molecule has 0 spiro atoms. The van der Waals surface area contributed by atoms with Gasteiger partial charge in [0.2, 0.25) is 0 Å². The number of rotatable bonds is 2. The normalized spacial score (nSPS) is 25.5. The van der Waals surface area contributed by atoms with Crippen molar-refractivity contribution in [3.05, 3.63) is 12.2 Å². The summed E-state index contributed by atoms with van der Waals surface area (Å²) in [4.78, 5) is 0. The van der Waals surface area contributed by atoms with Gasteiger partial charge in [-0.3, -0.25) is 0 Å². The van der Waals surface area contributed by atoms with E-state index >= 15 is 0 Å².